The predicted molar refractivity (Wildman–Crippen MR) is 125 cm³/mol. The summed E-state index contributed by atoms with van der Waals surface area (Å²) in [6.07, 6.45) is 4.29. The molecule has 0 radical (unpaired) electrons. The van der Waals surface area contributed by atoms with Crippen molar-refractivity contribution in [1.82, 2.24) is 10.6 Å². The Labute approximate surface area is 201 Å². The first-order valence-corrected chi connectivity index (χ1v) is 11.6. The molecule has 3 atom stereocenters. The number of ether oxygens (including phenoxy) is 4. The van der Waals surface area contributed by atoms with E-state index in [1.807, 2.05) is 0 Å². The van der Waals surface area contributed by atoms with Crippen LogP contribution in [0.5, 0.6) is 0 Å². The molecule has 2 aliphatic carbocycles. The number of hydrogen-bond donors (Lipinski definition) is 2. The normalized spacial score (nSPS) is 19.7. The Balaban J connectivity index is 0.000000365. The van der Waals surface area contributed by atoms with Gasteiger partial charge >= 0.3 is 24.1 Å². The molecule has 0 spiro atoms. The van der Waals surface area contributed by atoms with Crippen molar-refractivity contribution in [3.63, 3.8) is 0 Å². The average molecular weight is 483 g/mol. The number of amides is 2. The Kier molecular flexibility index (Phi) is 13.4. The molecule has 2 saturated carbocycles. The predicted octanol–water partition coefficient (Wildman–Crippen LogP) is 3.12. The second-order valence-electron chi connectivity index (χ2n) is 8.45. The van der Waals surface area contributed by atoms with Crippen molar-refractivity contribution >= 4 is 24.1 Å². The first-order chi connectivity index (χ1) is 16.1. The number of hydrogen-bond acceptors (Lipinski definition) is 8. The summed E-state index contributed by atoms with van der Waals surface area (Å²) in [6.45, 7) is 13.2. The lowest BCUT2D eigenvalue weighted by atomic mass is 9.89. The summed E-state index contributed by atoms with van der Waals surface area (Å²) in [7, 11) is 0. The third-order valence-electron chi connectivity index (χ3n) is 5.51. The van der Waals surface area contributed by atoms with Gasteiger partial charge in [-0.05, 0) is 57.8 Å². The van der Waals surface area contributed by atoms with Crippen LogP contribution in [0.25, 0.3) is 0 Å². The molecule has 0 aromatic carbocycles. The van der Waals surface area contributed by atoms with Crippen LogP contribution in [0.15, 0.2) is 24.3 Å². The minimum absolute atomic E-state index is 0.0445. The van der Waals surface area contributed by atoms with Gasteiger partial charge < -0.3 is 29.6 Å². The van der Waals surface area contributed by atoms with E-state index in [1.54, 1.807) is 20.8 Å². The van der Waals surface area contributed by atoms with E-state index < -0.39 is 24.1 Å². The Morgan fingerprint density at radius 3 is 1.68 bits per heavy atom. The summed E-state index contributed by atoms with van der Waals surface area (Å²) in [5.41, 5.74) is 0.661. The van der Waals surface area contributed by atoms with Crippen LogP contribution in [0, 0.1) is 17.8 Å². The monoisotopic (exact) mass is 482 g/mol. The molecular formula is C24H38N2O8. The van der Waals surface area contributed by atoms with Gasteiger partial charge in [0, 0.05) is 24.2 Å². The van der Waals surface area contributed by atoms with Gasteiger partial charge in [0.2, 0.25) is 0 Å². The molecule has 0 aromatic rings. The van der Waals surface area contributed by atoms with Gasteiger partial charge in [0.15, 0.2) is 0 Å². The summed E-state index contributed by atoms with van der Waals surface area (Å²) >= 11 is 0. The first kappa shape index (κ1) is 29.0. The standard InChI is InChI=1S/C15H23NO4.C9H15NO4/c1-10(2)14(17)19-5-6-20-15(18)16-9-13-8-11-3-4-12(13)7-11;1-4-10-9(12)14-6-5-13-8(11)7(2)3/h11-13H,1,3-9H2,2H3,(H,16,18);2,4-6H2,1,3H3,(H,10,12). The Bertz CT molecular complexity index is 736. The lowest BCUT2D eigenvalue weighted by Gasteiger charge is -2.21. The fraction of sp³-hybridized carbons (Fsp3) is 0.667. The zero-order valence-corrected chi connectivity index (χ0v) is 20.5. The van der Waals surface area contributed by atoms with Crippen molar-refractivity contribution in [3.8, 4) is 0 Å². The highest BCUT2D eigenvalue weighted by atomic mass is 16.6. The van der Waals surface area contributed by atoms with Gasteiger partial charge in [-0.1, -0.05) is 19.6 Å². The van der Waals surface area contributed by atoms with E-state index in [2.05, 4.69) is 33.3 Å². The molecular weight excluding hydrogens is 444 g/mol. The van der Waals surface area contributed by atoms with E-state index in [0.717, 1.165) is 11.8 Å². The molecule has 0 aliphatic heterocycles. The van der Waals surface area contributed by atoms with Crippen molar-refractivity contribution in [3.05, 3.63) is 24.3 Å². The second kappa shape index (κ2) is 15.7. The summed E-state index contributed by atoms with van der Waals surface area (Å²) < 4.78 is 19.1. The van der Waals surface area contributed by atoms with Crippen molar-refractivity contribution in [1.29, 1.82) is 0 Å². The van der Waals surface area contributed by atoms with Crippen LogP contribution < -0.4 is 10.6 Å². The molecule has 34 heavy (non-hydrogen) atoms. The van der Waals surface area contributed by atoms with E-state index in [9.17, 15) is 19.2 Å². The maximum absolute atomic E-state index is 11.5. The number of carbonyl (C=O) groups is 4. The van der Waals surface area contributed by atoms with Crippen LogP contribution in [0.4, 0.5) is 9.59 Å². The number of rotatable bonds is 11. The third kappa shape index (κ3) is 11.7. The molecule has 2 amide bonds. The highest BCUT2D eigenvalue weighted by molar-refractivity contribution is 5.87. The van der Waals surface area contributed by atoms with Crippen LogP contribution in [0.3, 0.4) is 0 Å². The van der Waals surface area contributed by atoms with Crippen LogP contribution in [0.1, 0.15) is 46.5 Å². The van der Waals surface area contributed by atoms with Gasteiger partial charge in [-0.2, -0.15) is 0 Å². The molecule has 0 saturated heterocycles. The highest BCUT2D eigenvalue weighted by Crippen LogP contribution is 2.47. The Morgan fingerprint density at radius 2 is 1.26 bits per heavy atom. The zero-order valence-electron chi connectivity index (χ0n) is 20.5. The average Bonchev–Trinajstić information content (AvgIpc) is 3.42. The molecule has 2 aliphatic rings. The molecule has 2 rings (SSSR count). The Hall–Kier alpha value is -3.04. The quantitative estimate of drug-likeness (QED) is 0.199. The molecule has 0 heterocycles. The van der Waals surface area contributed by atoms with Crippen LogP contribution in [-0.2, 0) is 28.5 Å². The lowest BCUT2D eigenvalue weighted by Crippen LogP contribution is -2.32. The fourth-order valence-corrected chi connectivity index (χ4v) is 3.87. The van der Waals surface area contributed by atoms with Crippen molar-refractivity contribution in [2.24, 2.45) is 17.8 Å². The zero-order chi connectivity index (χ0) is 25.5. The van der Waals surface area contributed by atoms with Crippen molar-refractivity contribution in [2.45, 2.75) is 46.5 Å². The summed E-state index contributed by atoms with van der Waals surface area (Å²) in [6, 6.07) is 0. The number of carbonyl (C=O) groups excluding carboxylic acids is 4. The summed E-state index contributed by atoms with van der Waals surface area (Å²) in [5, 5.41) is 5.24. The fourth-order valence-electron chi connectivity index (χ4n) is 3.87. The molecule has 2 bridgehead atoms. The number of nitrogens with one attached hydrogen (secondary N) is 2. The molecule has 10 nitrogen and oxygen atoms in total. The molecule has 192 valence electrons. The molecule has 2 N–H and O–H groups in total. The third-order valence-corrected chi connectivity index (χ3v) is 5.51. The van der Waals surface area contributed by atoms with Gasteiger partial charge in [-0.3, -0.25) is 0 Å². The van der Waals surface area contributed by atoms with E-state index in [4.69, 9.17) is 9.47 Å². The SMILES string of the molecule is C=C(C)C(=O)OCCOC(=O)NCC.C=C(C)C(=O)OCCOC(=O)NCC1CC2CCC1C2. The maximum atomic E-state index is 11.5. The summed E-state index contributed by atoms with van der Waals surface area (Å²) in [5.74, 6) is 1.34. The van der Waals surface area contributed by atoms with Crippen molar-refractivity contribution < 1.29 is 38.1 Å². The topological polar surface area (TPSA) is 129 Å². The molecule has 10 heteroatoms. The molecule has 2 fully saturated rings. The lowest BCUT2D eigenvalue weighted by molar-refractivity contribution is -0.140. The van der Waals surface area contributed by atoms with Crippen LogP contribution in [-0.4, -0.2) is 63.6 Å². The highest BCUT2D eigenvalue weighted by Gasteiger charge is 2.39. The molecule has 0 aromatic heterocycles. The summed E-state index contributed by atoms with van der Waals surface area (Å²) in [4.78, 5) is 44.1. The van der Waals surface area contributed by atoms with Gasteiger partial charge in [-0.25, -0.2) is 19.2 Å². The second-order valence-corrected chi connectivity index (χ2v) is 8.45. The van der Waals surface area contributed by atoms with E-state index >= 15 is 0 Å². The first-order valence-electron chi connectivity index (χ1n) is 11.6. The van der Waals surface area contributed by atoms with E-state index in [-0.39, 0.29) is 26.4 Å². The van der Waals surface area contributed by atoms with Gasteiger partial charge in [0.1, 0.15) is 26.4 Å². The number of esters is 2. The molecule has 3 unspecified atom stereocenters. The van der Waals surface area contributed by atoms with E-state index in [0.29, 0.717) is 30.2 Å². The maximum Gasteiger partial charge on any atom is 0.407 e. The number of fused-ring (bicyclic) bond motifs is 2. The van der Waals surface area contributed by atoms with Crippen LogP contribution >= 0.6 is 0 Å². The van der Waals surface area contributed by atoms with Gasteiger partial charge in [-0.15, -0.1) is 0 Å². The smallest absolute Gasteiger partial charge is 0.407 e. The Morgan fingerprint density at radius 1 is 0.765 bits per heavy atom. The van der Waals surface area contributed by atoms with E-state index in [1.165, 1.54) is 25.7 Å². The largest absolute Gasteiger partial charge is 0.459 e. The van der Waals surface area contributed by atoms with Crippen molar-refractivity contribution in [2.75, 3.05) is 39.5 Å². The number of alkyl carbamates (subject to hydrolysis) is 2. The van der Waals surface area contributed by atoms with Crippen LogP contribution in [0.2, 0.25) is 0 Å². The van der Waals surface area contributed by atoms with Gasteiger partial charge in [0.25, 0.3) is 0 Å². The van der Waals surface area contributed by atoms with Gasteiger partial charge in [0.05, 0.1) is 0 Å². The minimum atomic E-state index is -0.515. The minimum Gasteiger partial charge on any atom is -0.459 e.